The molecule has 5 rings (SSSR count). The molecule has 36 heavy (non-hydrogen) atoms. The molecule has 5 nitrogen and oxygen atoms in total. The van der Waals surface area contributed by atoms with Crippen LogP contribution < -0.4 is 5.32 Å². The molecule has 0 aromatic carbocycles. The molecule has 0 bridgehead atoms. The van der Waals surface area contributed by atoms with Gasteiger partial charge in [-0.25, -0.2) is 8.78 Å². The molecule has 4 saturated carbocycles. The van der Waals surface area contributed by atoms with Crippen molar-refractivity contribution < 1.29 is 18.3 Å². The first-order chi connectivity index (χ1) is 17.3. The van der Waals surface area contributed by atoms with Crippen molar-refractivity contribution in [3.05, 3.63) is 0 Å². The van der Waals surface area contributed by atoms with E-state index in [4.69, 9.17) is 33.3 Å². The molecule has 0 spiro atoms. The van der Waals surface area contributed by atoms with Crippen molar-refractivity contribution in [2.75, 3.05) is 19.7 Å². The number of ether oxygens (including phenoxy) is 1. The molecule has 0 aromatic heterocycles. The van der Waals surface area contributed by atoms with E-state index < -0.39 is 17.7 Å². The lowest BCUT2D eigenvalue weighted by molar-refractivity contribution is -0.129. The quantitative estimate of drug-likeness (QED) is 0.403. The van der Waals surface area contributed by atoms with Crippen LogP contribution in [-0.2, 0) is 9.53 Å². The van der Waals surface area contributed by atoms with E-state index in [-0.39, 0.29) is 52.9 Å². The van der Waals surface area contributed by atoms with Crippen molar-refractivity contribution in [3.63, 3.8) is 0 Å². The average Bonchev–Trinajstić information content (AvgIpc) is 3.61. The van der Waals surface area contributed by atoms with Gasteiger partial charge in [0.2, 0.25) is 5.91 Å². The molecule has 9 unspecified atom stereocenters. The van der Waals surface area contributed by atoms with Gasteiger partial charge in [0, 0.05) is 23.9 Å². The van der Waals surface area contributed by atoms with Gasteiger partial charge in [0.25, 0.3) is 6.02 Å². The van der Waals surface area contributed by atoms with Gasteiger partial charge < -0.3 is 15.0 Å². The molecule has 2 N–H and O–H groups in total. The fourth-order valence-electron chi connectivity index (χ4n) is 7.54. The monoisotopic (exact) mass is 547 g/mol. The van der Waals surface area contributed by atoms with Crippen LogP contribution in [0, 0.1) is 40.9 Å². The summed E-state index contributed by atoms with van der Waals surface area (Å²) in [6, 6.07) is 0.248. The molecular weight excluding hydrogens is 507 g/mol. The smallest absolute Gasteiger partial charge is 0.284 e. The molecule has 204 valence electrons. The van der Waals surface area contributed by atoms with E-state index >= 15 is 0 Å². The Morgan fingerprint density at radius 3 is 2.44 bits per heavy atom. The summed E-state index contributed by atoms with van der Waals surface area (Å²) in [7, 11) is 0. The molecule has 1 saturated heterocycles. The van der Waals surface area contributed by atoms with Crippen LogP contribution in [0.2, 0.25) is 0 Å². The van der Waals surface area contributed by atoms with Crippen LogP contribution >= 0.6 is 23.2 Å². The van der Waals surface area contributed by atoms with Crippen LogP contribution in [0.3, 0.4) is 0 Å². The summed E-state index contributed by atoms with van der Waals surface area (Å²) in [5.41, 5.74) is 0. The summed E-state index contributed by atoms with van der Waals surface area (Å²) in [4.78, 5) is 15.7. The molecule has 9 heteroatoms. The number of hydrogen-bond acceptors (Lipinski definition) is 3. The third-order valence-electron chi connectivity index (χ3n) is 9.62. The lowest BCUT2D eigenvalue weighted by atomic mass is 9.66. The number of amides is 1. The van der Waals surface area contributed by atoms with Crippen LogP contribution in [0.5, 0.6) is 0 Å². The number of hydrogen-bond donors (Lipinski definition) is 2. The molecular formula is C27H41Cl2F2N3O2. The highest BCUT2D eigenvalue weighted by Gasteiger charge is 2.45. The summed E-state index contributed by atoms with van der Waals surface area (Å²) in [5.74, 6) is 1.30. The Morgan fingerprint density at radius 2 is 1.78 bits per heavy atom. The number of nitrogens with zero attached hydrogens (tertiary/aromatic N) is 1. The van der Waals surface area contributed by atoms with Crippen molar-refractivity contribution in [2.45, 2.75) is 99.8 Å². The summed E-state index contributed by atoms with van der Waals surface area (Å²) in [6.07, 6.45) is 6.54. The van der Waals surface area contributed by atoms with Gasteiger partial charge in [-0.15, -0.1) is 23.2 Å². The van der Waals surface area contributed by atoms with Gasteiger partial charge in [0.1, 0.15) is 19.0 Å². The maximum Gasteiger partial charge on any atom is 0.284 e. The minimum Gasteiger partial charge on any atom is -0.463 e. The van der Waals surface area contributed by atoms with E-state index in [1.165, 1.54) is 0 Å². The Balaban J connectivity index is 1.27. The van der Waals surface area contributed by atoms with Crippen molar-refractivity contribution in [3.8, 4) is 0 Å². The molecule has 4 aliphatic carbocycles. The van der Waals surface area contributed by atoms with Gasteiger partial charge in [-0.05, 0) is 100 Å². The van der Waals surface area contributed by atoms with E-state index in [2.05, 4.69) is 5.32 Å². The normalized spacial score (nSPS) is 42.6. The van der Waals surface area contributed by atoms with Crippen molar-refractivity contribution in [1.82, 2.24) is 10.2 Å². The van der Waals surface area contributed by atoms with E-state index in [0.717, 1.165) is 44.9 Å². The number of alkyl halides is 4. The molecule has 0 radical (unpaired) electrons. The highest BCUT2D eigenvalue weighted by atomic mass is 35.5. The van der Waals surface area contributed by atoms with Crippen molar-refractivity contribution >= 4 is 35.1 Å². The number of rotatable bonds is 7. The van der Waals surface area contributed by atoms with Gasteiger partial charge in [0.05, 0.1) is 11.9 Å². The van der Waals surface area contributed by atoms with Gasteiger partial charge in [0.15, 0.2) is 0 Å². The topological polar surface area (TPSA) is 65.4 Å². The van der Waals surface area contributed by atoms with Crippen LogP contribution in [0.4, 0.5) is 8.78 Å². The summed E-state index contributed by atoms with van der Waals surface area (Å²) < 4.78 is 33.8. The Bertz CT molecular complexity index is 803. The van der Waals surface area contributed by atoms with Gasteiger partial charge >= 0.3 is 0 Å². The molecule has 5 fully saturated rings. The third-order valence-corrected chi connectivity index (χ3v) is 10.6. The first-order valence-electron chi connectivity index (χ1n) is 14.1. The third kappa shape index (κ3) is 6.24. The highest BCUT2D eigenvalue weighted by Crippen LogP contribution is 2.46. The maximum atomic E-state index is 14.4. The van der Waals surface area contributed by atoms with Gasteiger partial charge in [-0.3, -0.25) is 10.2 Å². The second-order valence-corrected chi connectivity index (χ2v) is 13.3. The highest BCUT2D eigenvalue weighted by molar-refractivity contribution is 6.21. The summed E-state index contributed by atoms with van der Waals surface area (Å²) in [6.45, 7) is 1.95. The number of nitrogens with one attached hydrogen (secondary N) is 2. The molecule has 1 heterocycles. The number of carbonyl (C=O) groups is 1. The van der Waals surface area contributed by atoms with E-state index in [0.29, 0.717) is 51.3 Å². The predicted molar refractivity (Wildman–Crippen MR) is 138 cm³/mol. The predicted octanol–water partition coefficient (Wildman–Crippen LogP) is 5.67. The average molecular weight is 549 g/mol. The molecule has 10 atom stereocenters. The number of amidine groups is 1. The first-order valence-corrected chi connectivity index (χ1v) is 15.0. The van der Waals surface area contributed by atoms with Crippen molar-refractivity contribution in [1.29, 1.82) is 5.41 Å². The van der Waals surface area contributed by atoms with E-state index in [1.54, 1.807) is 0 Å². The minimum atomic E-state index is -1.00. The zero-order valence-electron chi connectivity index (χ0n) is 21.0. The van der Waals surface area contributed by atoms with Crippen molar-refractivity contribution in [2.24, 2.45) is 35.5 Å². The lowest BCUT2D eigenvalue weighted by Crippen LogP contribution is -2.49. The minimum absolute atomic E-state index is 0.0293. The fraction of sp³-hybridized carbons (Fsp3) is 0.926. The SMILES string of the molecule is N=C1OCCN1CC1CC(C(=O)N[C@@H](C2CC2)C2CCC(Cl)C(F)C2)CC(C2CCC(F)CC2Cl)C1. The zero-order chi connectivity index (χ0) is 25.4. The van der Waals surface area contributed by atoms with Crippen LogP contribution in [-0.4, -0.2) is 65.7 Å². The number of carbonyl (C=O) groups excluding carboxylic acids is 1. The molecule has 1 aliphatic heterocycles. The largest absolute Gasteiger partial charge is 0.463 e. The Morgan fingerprint density at radius 1 is 1.00 bits per heavy atom. The Hall–Kier alpha value is -0.820. The van der Waals surface area contributed by atoms with Gasteiger partial charge in [-0.2, -0.15) is 0 Å². The van der Waals surface area contributed by atoms with Crippen LogP contribution in [0.25, 0.3) is 0 Å². The Labute approximate surface area is 223 Å². The fourth-order valence-corrected chi connectivity index (χ4v) is 8.30. The summed E-state index contributed by atoms with van der Waals surface area (Å²) >= 11 is 12.8. The molecule has 5 aliphatic rings. The zero-order valence-corrected chi connectivity index (χ0v) is 22.5. The van der Waals surface area contributed by atoms with Crippen LogP contribution in [0.15, 0.2) is 0 Å². The van der Waals surface area contributed by atoms with E-state index in [9.17, 15) is 13.6 Å². The second-order valence-electron chi connectivity index (χ2n) is 12.2. The maximum absolute atomic E-state index is 14.4. The Kier molecular flexibility index (Phi) is 8.56. The molecule has 1 amide bonds. The standard InChI is InChI=1S/C27H41Cl2F2N3O2/c28-22-6-3-17(12-24(22)31)25(16-1-2-16)33-26(35)19-10-15(14-34-7-8-36-27(34)32)9-18(11-19)21-5-4-20(30)13-23(21)29/h15-25,32H,1-14H2,(H,33,35)/t15?,17?,18?,19?,20?,21?,22?,23?,24?,25-/m0/s1. The lowest BCUT2D eigenvalue weighted by Gasteiger charge is -2.43. The second kappa shape index (κ2) is 11.5. The number of halogens is 4. The van der Waals surface area contributed by atoms with Gasteiger partial charge in [-0.1, -0.05) is 0 Å². The van der Waals surface area contributed by atoms with Crippen LogP contribution in [0.1, 0.15) is 70.6 Å². The first kappa shape index (κ1) is 26.8. The molecule has 0 aromatic rings. The summed E-state index contributed by atoms with van der Waals surface area (Å²) in [5, 5.41) is 10.9. The van der Waals surface area contributed by atoms with E-state index in [1.807, 2.05) is 4.90 Å².